The van der Waals surface area contributed by atoms with Crippen molar-refractivity contribution in [2.75, 3.05) is 14.1 Å². The van der Waals surface area contributed by atoms with Gasteiger partial charge in [-0.05, 0) is 11.6 Å². The molecule has 4 nitrogen and oxygen atoms in total. The lowest BCUT2D eigenvalue weighted by molar-refractivity contribution is 0.0818. The van der Waals surface area contributed by atoms with Crippen molar-refractivity contribution in [1.29, 1.82) is 0 Å². The molecule has 0 atom stereocenters. The molecule has 13 heavy (non-hydrogen) atoms. The Morgan fingerprint density at radius 2 is 2.23 bits per heavy atom. The molecule has 1 rings (SSSR count). The third kappa shape index (κ3) is 1.89. The van der Waals surface area contributed by atoms with Gasteiger partial charge in [-0.25, -0.2) is 0 Å². The first kappa shape index (κ1) is 9.80. The first-order chi connectivity index (χ1) is 6.06. The summed E-state index contributed by atoms with van der Waals surface area (Å²) in [7, 11) is 5.31. The third-order valence-electron chi connectivity index (χ3n) is 1.92. The van der Waals surface area contributed by atoms with Crippen LogP contribution in [0.25, 0.3) is 0 Å². The highest BCUT2D eigenvalue weighted by Crippen LogP contribution is 2.08. The maximum atomic E-state index is 11.6. The summed E-state index contributed by atoms with van der Waals surface area (Å²) >= 11 is 0. The van der Waals surface area contributed by atoms with E-state index >= 15 is 0 Å². The van der Waals surface area contributed by atoms with Crippen LogP contribution in [0.1, 0.15) is 16.1 Å². The molecule has 0 saturated heterocycles. The van der Waals surface area contributed by atoms with Crippen molar-refractivity contribution in [1.82, 2.24) is 9.47 Å². The van der Waals surface area contributed by atoms with Crippen molar-refractivity contribution in [2.24, 2.45) is 12.8 Å². The highest BCUT2D eigenvalue weighted by molar-refractivity contribution is 5.92. The zero-order valence-electron chi connectivity index (χ0n) is 8.24. The molecule has 1 aromatic heterocycles. The molecule has 0 unspecified atom stereocenters. The van der Waals surface area contributed by atoms with E-state index in [1.807, 2.05) is 19.3 Å². The molecular formula is C9H15N3O. The first-order valence-electron chi connectivity index (χ1n) is 4.13. The summed E-state index contributed by atoms with van der Waals surface area (Å²) < 4.78 is 1.80. The zero-order valence-corrected chi connectivity index (χ0v) is 8.24. The number of hydrogen-bond donors (Lipinski definition) is 1. The van der Waals surface area contributed by atoms with Crippen LogP contribution in [0.4, 0.5) is 0 Å². The average Bonchev–Trinajstić information content (AvgIpc) is 2.45. The van der Waals surface area contributed by atoms with E-state index in [0.29, 0.717) is 12.2 Å². The molecule has 0 spiro atoms. The van der Waals surface area contributed by atoms with Gasteiger partial charge in [0.1, 0.15) is 5.69 Å². The van der Waals surface area contributed by atoms with Gasteiger partial charge in [-0.2, -0.15) is 0 Å². The van der Waals surface area contributed by atoms with Gasteiger partial charge < -0.3 is 15.2 Å². The second-order valence-corrected chi connectivity index (χ2v) is 3.25. The summed E-state index contributed by atoms with van der Waals surface area (Å²) in [5.74, 6) is 0.00204. The molecular weight excluding hydrogens is 166 g/mol. The predicted octanol–water partition coefficient (Wildman–Crippen LogP) is 0.186. The summed E-state index contributed by atoms with van der Waals surface area (Å²) in [6, 6.07) is 1.82. The second-order valence-electron chi connectivity index (χ2n) is 3.25. The molecule has 0 bridgehead atoms. The molecule has 0 radical (unpaired) electrons. The van der Waals surface area contributed by atoms with E-state index in [1.165, 1.54) is 0 Å². The molecule has 0 aromatic carbocycles. The number of rotatable bonds is 2. The summed E-state index contributed by atoms with van der Waals surface area (Å²) in [5.41, 5.74) is 7.12. The highest BCUT2D eigenvalue weighted by Gasteiger charge is 2.12. The quantitative estimate of drug-likeness (QED) is 0.708. The molecule has 1 aromatic rings. The van der Waals surface area contributed by atoms with E-state index in [2.05, 4.69) is 0 Å². The fraction of sp³-hybridized carbons (Fsp3) is 0.444. The van der Waals surface area contributed by atoms with Gasteiger partial charge in [-0.1, -0.05) is 0 Å². The van der Waals surface area contributed by atoms with Gasteiger partial charge in [-0.15, -0.1) is 0 Å². The molecule has 0 saturated carbocycles. The van der Waals surface area contributed by atoms with Crippen molar-refractivity contribution in [2.45, 2.75) is 6.54 Å². The Bertz CT molecular complexity index is 315. The Morgan fingerprint density at radius 1 is 1.62 bits per heavy atom. The van der Waals surface area contributed by atoms with E-state index in [0.717, 1.165) is 5.56 Å². The van der Waals surface area contributed by atoms with Gasteiger partial charge in [0.25, 0.3) is 5.91 Å². The standard InChI is InChI=1S/C9H15N3O/c1-11(2)9(13)8-4-7(5-10)6-12(8)3/h4,6H,5,10H2,1-3H3. The molecule has 2 N–H and O–H groups in total. The number of amides is 1. The molecule has 4 heteroatoms. The topological polar surface area (TPSA) is 51.3 Å². The zero-order chi connectivity index (χ0) is 10.0. The number of aryl methyl sites for hydroxylation is 1. The van der Waals surface area contributed by atoms with Gasteiger partial charge in [0.15, 0.2) is 0 Å². The van der Waals surface area contributed by atoms with Gasteiger partial charge >= 0.3 is 0 Å². The Hall–Kier alpha value is -1.29. The van der Waals surface area contributed by atoms with Crippen molar-refractivity contribution >= 4 is 5.91 Å². The lowest BCUT2D eigenvalue weighted by Gasteiger charge is -2.10. The van der Waals surface area contributed by atoms with Crippen LogP contribution in [0.15, 0.2) is 12.3 Å². The number of nitrogens with zero attached hydrogens (tertiary/aromatic N) is 2. The van der Waals surface area contributed by atoms with E-state index in [-0.39, 0.29) is 5.91 Å². The lowest BCUT2D eigenvalue weighted by atomic mass is 10.3. The van der Waals surface area contributed by atoms with E-state index in [1.54, 1.807) is 23.6 Å². The van der Waals surface area contributed by atoms with Gasteiger partial charge in [-0.3, -0.25) is 4.79 Å². The fourth-order valence-electron chi connectivity index (χ4n) is 1.19. The summed E-state index contributed by atoms with van der Waals surface area (Å²) in [6.07, 6.45) is 1.87. The van der Waals surface area contributed by atoms with Crippen LogP contribution in [0, 0.1) is 0 Å². The Morgan fingerprint density at radius 3 is 2.62 bits per heavy atom. The van der Waals surface area contributed by atoms with Crippen molar-refractivity contribution in [3.8, 4) is 0 Å². The molecule has 0 aliphatic rings. The monoisotopic (exact) mass is 181 g/mol. The number of carbonyl (C=O) groups excluding carboxylic acids is 1. The van der Waals surface area contributed by atoms with Crippen LogP contribution in [0.3, 0.4) is 0 Å². The van der Waals surface area contributed by atoms with Crippen LogP contribution in [-0.4, -0.2) is 29.5 Å². The molecule has 0 aliphatic carbocycles. The van der Waals surface area contributed by atoms with Crippen LogP contribution in [0.2, 0.25) is 0 Å². The lowest BCUT2D eigenvalue weighted by Crippen LogP contribution is -2.23. The number of aromatic nitrogens is 1. The fourth-order valence-corrected chi connectivity index (χ4v) is 1.19. The summed E-state index contributed by atoms with van der Waals surface area (Å²) in [4.78, 5) is 13.1. The molecule has 1 amide bonds. The maximum absolute atomic E-state index is 11.6. The Kier molecular flexibility index (Phi) is 2.72. The minimum Gasteiger partial charge on any atom is -0.346 e. The van der Waals surface area contributed by atoms with Crippen LogP contribution in [-0.2, 0) is 13.6 Å². The number of nitrogens with two attached hydrogens (primary N) is 1. The SMILES string of the molecule is CN(C)C(=O)c1cc(CN)cn1C. The predicted molar refractivity (Wildman–Crippen MR) is 51.3 cm³/mol. The van der Waals surface area contributed by atoms with Crippen LogP contribution >= 0.6 is 0 Å². The minimum atomic E-state index is 0.00204. The third-order valence-corrected chi connectivity index (χ3v) is 1.92. The maximum Gasteiger partial charge on any atom is 0.269 e. The van der Waals surface area contributed by atoms with E-state index in [9.17, 15) is 4.79 Å². The first-order valence-corrected chi connectivity index (χ1v) is 4.13. The minimum absolute atomic E-state index is 0.00204. The summed E-state index contributed by atoms with van der Waals surface area (Å²) in [5, 5.41) is 0. The largest absolute Gasteiger partial charge is 0.346 e. The van der Waals surface area contributed by atoms with Crippen LogP contribution < -0.4 is 5.73 Å². The molecule has 1 heterocycles. The highest BCUT2D eigenvalue weighted by atomic mass is 16.2. The van der Waals surface area contributed by atoms with Crippen molar-refractivity contribution in [3.05, 3.63) is 23.5 Å². The molecule has 0 fully saturated rings. The summed E-state index contributed by atoms with van der Waals surface area (Å²) in [6.45, 7) is 0.467. The average molecular weight is 181 g/mol. The second kappa shape index (κ2) is 3.62. The van der Waals surface area contributed by atoms with Gasteiger partial charge in [0.05, 0.1) is 0 Å². The Labute approximate surface area is 77.9 Å². The number of carbonyl (C=O) groups is 1. The smallest absolute Gasteiger partial charge is 0.269 e. The molecule has 72 valence electrons. The molecule has 0 aliphatic heterocycles. The van der Waals surface area contributed by atoms with E-state index in [4.69, 9.17) is 5.73 Å². The van der Waals surface area contributed by atoms with Crippen molar-refractivity contribution in [3.63, 3.8) is 0 Å². The Balaban J connectivity index is 3.00. The number of hydrogen-bond acceptors (Lipinski definition) is 2. The van der Waals surface area contributed by atoms with E-state index < -0.39 is 0 Å². The van der Waals surface area contributed by atoms with Gasteiger partial charge in [0.2, 0.25) is 0 Å². The van der Waals surface area contributed by atoms with Gasteiger partial charge in [0, 0.05) is 33.9 Å². The van der Waals surface area contributed by atoms with Crippen LogP contribution in [0.5, 0.6) is 0 Å². The normalized spacial score (nSPS) is 10.2. The van der Waals surface area contributed by atoms with Crippen molar-refractivity contribution < 1.29 is 4.79 Å².